The van der Waals surface area contributed by atoms with Gasteiger partial charge < -0.3 is 9.97 Å². The van der Waals surface area contributed by atoms with Gasteiger partial charge in [-0.25, -0.2) is 0 Å². The molecule has 4 nitrogen and oxygen atoms in total. The summed E-state index contributed by atoms with van der Waals surface area (Å²) in [7, 11) is 0. The van der Waals surface area contributed by atoms with Gasteiger partial charge in [-0.1, -0.05) is 17.7 Å². The molecule has 0 fully saturated rings. The molecule has 1 radical (unpaired) electrons. The van der Waals surface area contributed by atoms with Crippen LogP contribution in [0, 0.1) is 19.9 Å². The highest BCUT2D eigenvalue weighted by atomic mass is 16.1. The van der Waals surface area contributed by atoms with Crippen LogP contribution in [0.1, 0.15) is 11.1 Å². The summed E-state index contributed by atoms with van der Waals surface area (Å²) in [6.07, 6.45) is 0. The molecule has 125 valence electrons. The Morgan fingerprint density at radius 2 is 1.31 bits per heavy atom. The van der Waals surface area contributed by atoms with Crippen molar-refractivity contribution in [3.63, 3.8) is 0 Å². The molecule has 0 atom stereocenters. The summed E-state index contributed by atoms with van der Waals surface area (Å²) in [4.78, 5) is 32.5. The van der Waals surface area contributed by atoms with Gasteiger partial charge in [0.2, 0.25) is 0 Å². The zero-order chi connectivity index (χ0) is 18.0. The third-order valence-electron chi connectivity index (χ3n) is 4.92. The quantitative estimate of drug-likeness (QED) is 0.417. The van der Waals surface area contributed by atoms with Gasteiger partial charge in [-0.05, 0) is 55.8 Å². The maximum Gasteiger partial charge on any atom is 0.197 e. The standard InChI is InChI=1S/C22H15N2O2/c1-11-3-5-17-13(7-11)21(25)15-9-20-16(10-19(15)23-17)22(26)14-8-12(2)4-6-18(14)24-20/h3-7,9-10H,1-2H3,(H,23,25)(H,24,26). The summed E-state index contributed by atoms with van der Waals surface area (Å²) < 4.78 is 0. The molecule has 0 saturated heterocycles. The molecule has 5 aromatic rings. The van der Waals surface area contributed by atoms with E-state index in [0.717, 1.165) is 22.2 Å². The number of pyridine rings is 2. The highest BCUT2D eigenvalue weighted by molar-refractivity contribution is 6.02. The van der Waals surface area contributed by atoms with Gasteiger partial charge in [0.1, 0.15) is 0 Å². The van der Waals surface area contributed by atoms with Gasteiger partial charge in [-0.15, -0.1) is 0 Å². The van der Waals surface area contributed by atoms with E-state index < -0.39 is 0 Å². The minimum atomic E-state index is -0.0794. The van der Waals surface area contributed by atoms with E-state index >= 15 is 0 Å². The van der Waals surface area contributed by atoms with Crippen LogP contribution in [0.4, 0.5) is 0 Å². The van der Waals surface area contributed by atoms with Crippen molar-refractivity contribution in [2.45, 2.75) is 13.8 Å². The van der Waals surface area contributed by atoms with Crippen molar-refractivity contribution in [2.24, 2.45) is 0 Å². The van der Waals surface area contributed by atoms with E-state index in [9.17, 15) is 9.59 Å². The number of H-pyrrole nitrogens is 2. The SMILES string of the molecule is Cc1[c]c2c(=O)c3cc4[nH]c5ccc(C)cc5c(=O)c4cc3[nH]c2cc1. The number of hydrogen-bond acceptors (Lipinski definition) is 2. The second-order valence-electron chi connectivity index (χ2n) is 6.83. The summed E-state index contributed by atoms with van der Waals surface area (Å²) in [5, 5.41) is 2.32. The van der Waals surface area contributed by atoms with E-state index in [-0.39, 0.29) is 10.9 Å². The van der Waals surface area contributed by atoms with E-state index in [1.165, 1.54) is 0 Å². The minimum absolute atomic E-state index is 0.0317. The van der Waals surface area contributed by atoms with Gasteiger partial charge in [-0.3, -0.25) is 9.59 Å². The molecule has 0 unspecified atom stereocenters. The van der Waals surface area contributed by atoms with Crippen molar-refractivity contribution in [3.8, 4) is 0 Å². The molecule has 0 spiro atoms. The van der Waals surface area contributed by atoms with Crippen molar-refractivity contribution >= 4 is 43.6 Å². The zero-order valence-electron chi connectivity index (χ0n) is 14.4. The topological polar surface area (TPSA) is 65.7 Å². The summed E-state index contributed by atoms with van der Waals surface area (Å²) in [5.74, 6) is 0. The number of rotatable bonds is 0. The maximum atomic E-state index is 13.0. The molecule has 0 saturated carbocycles. The Bertz CT molecular complexity index is 1370. The third kappa shape index (κ3) is 2.02. The predicted molar refractivity (Wildman–Crippen MR) is 106 cm³/mol. The molecule has 0 aliphatic carbocycles. The Balaban J connectivity index is 2.00. The van der Waals surface area contributed by atoms with Crippen molar-refractivity contribution in [1.82, 2.24) is 9.97 Å². The van der Waals surface area contributed by atoms with Gasteiger partial charge in [-0.2, -0.15) is 0 Å². The fraction of sp³-hybridized carbons (Fsp3) is 0.0909. The van der Waals surface area contributed by atoms with Gasteiger partial charge >= 0.3 is 0 Å². The minimum Gasteiger partial charge on any atom is -0.354 e. The van der Waals surface area contributed by atoms with E-state index in [1.54, 1.807) is 12.1 Å². The summed E-state index contributed by atoms with van der Waals surface area (Å²) in [6, 6.07) is 16.2. The number of aromatic amines is 2. The molecule has 0 bridgehead atoms. The number of fused-ring (bicyclic) bond motifs is 4. The zero-order valence-corrected chi connectivity index (χ0v) is 14.4. The lowest BCUT2D eigenvalue weighted by molar-refractivity contribution is 1.42. The number of nitrogens with one attached hydrogen (secondary N) is 2. The van der Waals surface area contributed by atoms with E-state index in [4.69, 9.17) is 0 Å². The van der Waals surface area contributed by atoms with Crippen molar-refractivity contribution in [1.29, 1.82) is 0 Å². The van der Waals surface area contributed by atoms with Gasteiger partial charge in [0.25, 0.3) is 0 Å². The van der Waals surface area contributed by atoms with Crippen LogP contribution >= 0.6 is 0 Å². The van der Waals surface area contributed by atoms with Gasteiger partial charge in [0.05, 0.1) is 21.9 Å². The fourth-order valence-corrected chi connectivity index (χ4v) is 3.59. The number of benzene rings is 3. The number of aromatic nitrogens is 2. The highest BCUT2D eigenvalue weighted by Gasteiger charge is 2.11. The molecule has 4 heteroatoms. The lowest BCUT2D eigenvalue weighted by Crippen LogP contribution is -2.08. The Hall–Kier alpha value is -3.40. The maximum absolute atomic E-state index is 13.0. The molecule has 26 heavy (non-hydrogen) atoms. The Labute approximate surface area is 148 Å². The molecular weight excluding hydrogens is 324 g/mol. The van der Waals surface area contributed by atoms with Crippen molar-refractivity contribution in [2.75, 3.05) is 0 Å². The largest absolute Gasteiger partial charge is 0.354 e. The first-order valence-corrected chi connectivity index (χ1v) is 8.46. The second kappa shape index (κ2) is 5.05. The van der Waals surface area contributed by atoms with Crippen LogP contribution in [0.2, 0.25) is 0 Å². The fourth-order valence-electron chi connectivity index (χ4n) is 3.59. The van der Waals surface area contributed by atoms with Crippen LogP contribution < -0.4 is 10.9 Å². The average Bonchev–Trinajstić information content (AvgIpc) is 2.63. The molecule has 2 N–H and O–H groups in total. The molecule has 2 aromatic heterocycles. The van der Waals surface area contributed by atoms with Crippen LogP contribution in [-0.4, -0.2) is 9.97 Å². The molecule has 3 aromatic carbocycles. The Morgan fingerprint density at radius 1 is 0.692 bits per heavy atom. The third-order valence-corrected chi connectivity index (χ3v) is 4.92. The van der Waals surface area contributed by atoms with Crippen LogP contribution in [0.25, 0.3) is 43.6 Å². The number of aryl methyl sites for hydroxylation is 2. The molecule has 5 rings (SSSR count). The number of hydrogen-bond donors (Lipinski definition) is 2. The smallest absolute Gasteiger partial charge is 0.197 e. The van der Waals surface area contributed by atoms with Gasteiger partial charge in [0, 0.05) is 21.7 Å². The molecule has 0 aliphatic rings. The summed E-state index contributed by atoms with van der Waals surface area (Å²) in [5.41, 5.74) is 4.65. The normalized spacial score (nSPS) is 11.8. The highest BCUT2D eigenvalue weighted by Crippen LogP contribution is 2.22. The van der Waals surface area contributed by atoms with Crippen molar-refractivity contribution in [3.05, 3.63) is 80.1 Å². The Morgan fingerprint density at radius 3 is 2.08 bits per heavy atom. The van der Waals surface area contributed by atoms with Crippen LogP contribution in [0.3, 0.4) is 0 Å². The first-order chi connectivity index (χ1) is 12.5. The molecule has 0 aliphatic heterocycles. The second-order valence-corrected chi connectivity index (χ2v) is 6.83. The monoisotopic (exact) mass is 339 g/mol. The Kier molecular flexibility index (Phi) is 2.89. The molecule has 0 amide bonds. The summed E-state index contributed by atoms with van der Waals surface area (Å²) in [6.45, 7) is 3.88. The predicted octanol–water partition coefficient (Wildman–Crippen LogP) is 4.09. The van der Waals surface area contributed by atoms with Crippen LogP contribution in [-0.2, 0) is 0 Å². The van der Waals surface area contributed by atoms with E-state index in [0.29, 0.717) is 32.6 Å². The molecular formula is C22H15N2O2. The van der Waals surface area contributed by atoms with Crippen molar-refractivity contribution < 1.29 is 0 Å². The summed E-state index contributed by atoms with van der Waals surface area (Å²) >= 11 is 0. The average molecular weight is 339 g/mol. The first-order valence-electron chi connectivity index (χ1n) is 8.46. The van der Waals surface area contributed by atoms with E-state index in [2.05, 4.69) is 16.0 Å². The lowest BCUT2D eigenvalue weighted by atomic mass is 10.0. The molecule has 2 heterocycles. The van der Waals surface area contributed by atoms with E-state index in [1.807, 2.05) is 44.2 Å². The first kappa shape index (κ1) is 14.9. The van der Waals surface area contributed by atoms with Crippen LogP contribution in [0.15, 0.2) is 52.1 Å². The lowest BCUT2D eigenvalue weighted by Gasteiger charge is -2.07. The van der Waals surface area contributed by atoms with Crippen LogP contribution in [0.5, 0.6) is 0 Å². The van der Waals surface area contributed by atoms with Gasteiger partial charge in [0.15, 0.2) is 10.9 Å².